The van der Waals surface area contributed by atoms with Gasteiger partial charge in [0.2, 0.25) is 0 Å². The van der Waals surface area contributed by atoms with Gasteiger partial charge in [0.25, 0.3) is 5.91 Å². The summed E-state index contributed by atoms with van der Waals surface area (Å²) in [5.41, 5.74) is 0.733. The lowest BCUT2D eigenvalue weighted by molar-refractivity contribution is -0.132. The molecule has 0 spiro atoms. The Balaban J connectivity index is 2.14. The Kier molecular flexibility index (Phi) is 6.23. The van der Waals surface area contributed by atoms with Gasteiger partial charge in [-0.2, -0.15) is 0 Å². The van der Waals surface area contributed by atoms with Crippen LogP contribution < -0.4 is 15.9 Å². The topological polar surface area (TPSA) is 110 Å². The second-order valence-corrected chi connectivity index (χ2v) is 8.47. The van der Waals surface area contributed by atoms with Crippen molar-refractivity contribution in [2.24, 2.45) is 5.84 Å². The molecule has 8 heteroatoms. The number of carbonyl (C=O) groups excluding carboxylic acids is 2. The molecule has 0 unspecified atom stereocenters. The summed E-state index contributed by atoms with van der Waals surface area (Å²) in [6, 6.07) is 5.62. The van der Waals surface area contributed by atoms with Crippen LogP contribution in [0, 0.1) is 0 Å². The highest BCUT2D eigenvalue weighted by Crippen LogP contribution is 2.29. The summed E-state index contributed by atoms with van der Waals surface area (Å²) in [5, 5.41) is 4.87. The first-order valence-electron chi connectivity index (χ1n) is 9.12. The number of carbonyl (C=O) groups is 2. The van der Waals surface area contributed by atoms with Crippen LogP contribution in [0.3, 0.4) is 0 Å². The molecule has 8 nitrogen and oxygen atoms in total. The molecule has 0 saturated carbocycles. The fourth-order valence-corrected chi connectivity index (χ4v) is 2.79. The highest BCUT2D eigenvalue weighted by atomic mass is 16.6. The van der Waals surface area contributed by atoms with Crippen LogP contribution in [-0.4, -0.2) is 46.8 Å². The Morgan fingerprint density at radius 1 is 1.21 bits per heavy atom. The van der Waals surface area contributed by atoms with E-state index >= 15 is 0 Å². The van der Waals surface area contributed by atoms with Crippen molar-refractivity contribution in [2.45, 2.75) is 52.2 Å². The van der Waals surface area contributed by atoms with Crippen LogP contribution >= 0.6 is 0 Å². The zero-order valence-electron chi connectivity index (χ0n) is 17.4. The fraction of sp³-hybridized carbons (Fsp3) is 0.500. The van der Waals surface area contributed by atoms with Crippen molar-refractivity contribution in [3.05, 3.63) is 30.0 Å². The van der Waals surface area contributed by atoms with E-state index in [0.29, 0.717) is 12.2 Å². The molecule has 1 aromatic heterocycles. The van der Waals surface area contributed by atoms with Crippen LogP contribution in [0.25, 0.3) is 10.9 Å². The van der Waals surface area contributed by atoms with Gasteiger partial charge in [0.05, 0.1) is 5.52 Å². The summed E-state index contributed by atoms with van der Waals surface area (Å²) in [6.45, 7) is 9.21. The smallest absolute Gasteiger partial charge is 0.408 e. The van der Waals surface area contributed by atoms with Crippen molar-refractivity contribution in [1.82, 2.24) is 15.3 Å². The van der Waals surface area contributed by atoms with Crippen molar-refractivity contribution < 1.29 is 19.1 Å². The van der Waals surface area contributed by atoms with Crippen LogP contribution in [-0.2, 0) is 16.0 Å². The number of hydrogen-bond donors (Lipinski definition) is 3. The lowest BCUT2D eigenvalue weighted by atomic mass is 9.95. The van der Waals surface area contributed by atoms with E-state index in [1.807, 2.05) is 52.9 Å². The van der Waals surface area contributed by atoms with Crippen molar-refractivity contribution in [1.29, 1.82) is 0 Å². The summed E-state index contributed by atoms with van der Waals surface area (Å²) < 4.78 is 11.0. The van der Waals surface area contributed by atoms with Crippen molar-refractivity contribution >= 4 is 22.9 Å². The molecule has 2 amide bonds. The number of fused-ring (bicyclic) bond motifs is 1. The Morgan fingerprint density at radius 3 is 2.50 bits per heavy atom. The van der Waals surface area contributed by atoms with E-state index in [1.54, 1.807) is 6.07 Å². The van der Waals surface area contributed by atoms with Gasteiger partial charge in [-0.1, -0.05) is 12.1 Å². The molecule has 0 aliphatic carbocycles. The molecule has 0 saturated heterocycles. The summed E-state index contributed by atoms with van der Waals surface area (Å²) in [6.07, 6.45) is 2.01. The molecule has 1 heterocycles. The highest BCUT2D eigenvalue weighted by molar-refractivity contribution is 5.89. The second kappa shape index (κ2) is 8.10. The Hall–Kier alpha value is -2.74. The number of nitrogens with one attached hydrogen (secondary N) is 2. The Morgan fingerprint density at radius 2 is 1.89 bits per heavy atom. The number of benzene rings is 1. The fourth-order valence-electron chi connectivity index (χ4n) is 2.79. The average molecular weight is 390 g/mol. The quantitative estimate of drug-likeness (QED) is 0.399. The minimum absolute atomic E-state index is 0.147. The molecule has 0 fully saturated rings. The molecule has 0 aliphatic rings. The molecular weight excluding hydrogens is 360 g/mol. The van der Waals surface area contributed by atoms with Gasteiger partial charge in [-0.15, -0.1) is 0 Å². The first-order chi connectivity index (χ1) is 12.9. The number of aromatic nitrogens is 1. The van der Waals surface area contributed by atoms with Crippen LogP contribution in [0.2, 0.25) is 0 Å². The predicted molar refractivity (Wildman–Crippen MR) is 108 cm³/mol. The molecule has 0 atom stereocenters. The third-order valence-corrected chi connectivity index (χ3v) is 3.98. The zero-order valence-corrected chi connectivity index (χ0v) is 17.4. The first kappa shape index (κ1) is 21.6. The molecule has 0 bridgehead atoms. The number of aromatic amines is 1. The van der Waals surface area contributed by atoms with Crippen molar-refractivity contribution in [3.63, 3.8) is 0 Å². The maximum Gasteiger partial charge on any atom is 0.408 e. The van der Waals surface area contributed by atoms with Crippen LogP contribution in [0.15, 0.2) is 24.4 Å². The van der Waals surface area contributed by atoms with E-state index in [1.165, 1.54) is 7.05 Å². The number of nitrogens with two attached hydrogens (primary N) is 1. The number of hydrazine groups is 1. The highest BCUT2D eigenvalue weighted by Gasteiger charge is 2.26. The molecule has 1 aromatic carbocycles. The third kappa shape index (κ3) is 5.88. The number of para-hydroxylation sites is 1. The van der Waals surface area contributed by atoms with Crippen molar-refractivity contribution in [3.8, 4) is 5.75 Å². The average Bonchev–Trinajstić information content (AvgIpc) is 2.92. The number of amides is 2. The molecule has 0 radical (unpaired) electrons. The first-order valence-corrected chi connectivity index (χ1v) is 9.12. The minimum atomic E-state index is -0.553. The van der Waals surface area contributed by atoms with Gasteiger partial charge < -0.3 is 19.8 Å². The van der Waals surface area contributed by atoms with E-state index in [4.69, 9.17) is 15.3 Å². The van der Waals surface area contributed by atoms with Crippen LogP contribution in [0.1, 0.15) is 40.2 Å². The summed E-state index contributed by atoms with van der Waals surface area (Å²) in [7, 11) is 1.47. The Bertz CT molecular complexity index is 849. The van der Waals surface area contributed by atoms with E-state index in [2.05, 4.69) is 10.3 Å². The number of hydrogen-bond acceptors (Lipinski definition) is 5. The van der Waals surface area contributed by atoms with Gasteiger partial charge >= 0.3 is 6.09 Å². The van der Waals surface area contributed by atoms with E-state index < -0.39 is 17.2 Å². The molecule has 4 N–H and O–H groups in total. The summed E-state index contributed by atoms with van der Waals surface area (Å²) in [5.74, 6) is 5.65. The molecule has 2 rings (SSSR count). The molecular formula is C20H30N4O4. The lowest BCUT2D eigenvalue weighted by Crippen LogP contribution is -2.47. The zero-order chi connectivity index (χ0) is 21.1. The largest absolute Gasteiger partial charge is 0.482 e. The van der Waals surface area contributed by atoms with Gasteiger partial charge in [-0.25, -0.2) is 10.6 Å². The lowest BCUT2D eigenvalue weighted by Gasteiger charge is -2.28. The van der Waals surface area contributed by atoms with Crippen LogP contribution in [0.4, 0.5) is 4.79 Å². The third-order valence-electron chi connectivity index (χ3n) is 3.98. The number of nitrogens with zero attached hydrogens (tertiary/aromatic N) is 1. The number of ether oxygens (including phenoxy) is 2. The summed E-state index contributed by atoms with van der Waals surface area (Å²) in [4.78, 5) is 27.0. The monoisotopic (exact) mass is 390 g/mol. The van der Waals surface area contributed by atoms with E-state index in [0.717, 1.165) is 21.5 Å². The summed E-state index contributed by atoms with van der Waals surface area (Å²) >= 11 is 0. The standard InChI is InChI=1S/C20H30N4O4/c1-19(2,3)28-18(26)23-20(4,5)10-13-11-22-17-14(13)8-7-9-15(17)27-12-16(25)24(6)21/h7-9,11,22H,10,12,21H2,1-6H3,(H,23,26). The molecule has 28 heavy (non-hydrogen) atoms. The number of likely N-dealkylation sites (N-methyl/N-ethyl adjacent to an activating group) is 1. The van der Waals surface area contributed by atoms with Gasteiger partial charge in [-0.05, 0) is 52.7 Å². The van der Waals surface area contributed by atoms with Gasteiger partial charge in [0.15, 0.2) is 6.61 Å². The molecule has 0 aliphatic heterocycles. The van der Waals surface area contributed by atoms with E-state index in [9.17, 15) is 9.59 Å². The van der Waals surface area contributed by atoms with Crippen LogP contribution in [0.5, 0.6) is 5.75 Å². The number of rotatable bonds is 6. The number of H-pyrrole nitrogens is 1. The maximum atomic E-state index is 12.1. The van der Waals surface area contributed by atoms with Crippen molar-refractivity contribution in [2.75, 3.05) is 13.7 Å². The molecule has 154 valence electrons. The number of alkyl carbamates (subject to hydrolysis) is 1. The molecule has 2 aromatic rings. The minimum Gasteiger partial charge on any atom is -0.482 e. The maximum absolute atomic E-state index is 12.1. The SMILES string of the molecule is CN(N)C(=O)COc1cccc2c(CC(C)(C)NC(=O)OC(C)(C)C)c[nH]c12. The van der Waals surface area contributed by atoms with Gasteiger partial charge in [0.1, 0.15) is 11.4 Å². The Labute approximate surface area is 165 Å². The van der Waals surface area contributed by atoms with E-state index in [-0.39, 0.29) is 12.5 Å². The second-order valence-electron chi connectivity index (χ2n) is 8.47. The predicted octanol–water partition coefficient (Wildman–Crippen LogP) is 2.72. The van der Waals surface area contributed by atoms with Gasteiger partial charge in [0, 0.05) is 24.2 Å². The van der Waals surface area contributed by atoms with Gasteiger partial charge in [-0.3, -0.25) is 9.80 Å². The normalized spacial score (nSPS) is 12.0.